The van der Waals surface area contributed by atoms with Crippen molar-refractivity contribution < 1.29 is 17.9 Å². The van der Waals surface area contributed by atoms with Gasteiger partial charge >= 0.3 is 6.18 Å². The maximum absolute atomic E-state index is 12.0. The van der Waals surface area contributed by atoms with Gasteiger partial charge in [-0.2, -0.15) is 13.2 Å². The van der Waals surface area contributed by atoms with Crippen molar-refractivity contribution in [3.63, 3.8) is 0 Å². The highest BCUT2D eigenvalue weighted by molar-refractivity contribution is 5.04. The van der Waals surface area contributed by atoms with Crippen molar-refractivity contribution in [1.29, 1.82) is 0 Å². The number of alkyl halides is 3. The third-order valence-corrected chi connectivity index (χ3v) is 3.80. The average Bonchev–Trinajstić information content (AvgIpc) is 2.85. The van der Waals surface area contributed by atoms with Gasteiger partial charge in [0.05, 0.1) is 6.10 Å². The van der Waals surface area contributed by atoms with Gasteiger partial charge in [0.15, 0.2) is 0 Å². The van der Waals surface area contributed by atoms with E-state index in [1.165, 1.54) is 0 Å². The molecule has 5 heteroatoms. The zero-order valence-electron chi connectivity index (χ0n) is 10.4. The van der Waals surface area contributed by atoms with Crippen LogP contribution in [0.5, 0.6) is 0 Å². The summed E-state index contributed by atoms with van der Waals surface area (Å²) in [5.41, 5.74) is 0.310. The molecule has 2 aliphatic rings. The van der Waals surface area contributed by atoms with Crippen LogP contribution in [0.15, 0.2) is 0 Å². The van der Waals surface area contributed by atoms with E-state index < -0.39 is 12.8 Å². The van der Waals surface area contributed by atoms with E-state index in [1.807, 2.05) is 0 Å². The van der Waals surface area contributed by atoms with Crippen molar-refractivity contribution in [2.24, 2.45) is 0 Å². The Labute approximate surface area is 100 Å². The van der Waals surface area contributed by atoms with E-state index >= 15 is 0 Å². The Morgan fingerprint density at radius 2 is 1.71 bits per heavy atom. The molecule has 1 heterocycles. The van der Waals surface area contributed by atoms with Crippen molar-refractivity contribution in [2.45, 2.75) is 63.4 Å². The molecular weight excluding hydrogens is 231 g/mol. The summed E-state index contributed by atoms with van der Waals surface area (Å²) >= 11 is 0. The molecule has 1 unspecified atom stereocenters. The molecule has 0 radical (unpaired) electrons. The van der Waals surface area contributed by atoms with Gasteiger partial charge in [-0.25, -0.2) is 0 Å². The van der Waals surface area contributed by atoms with Crippen LogP contribution in [0.25, 0.3) is 0 Å². The van der Waals surface area contributed by atoms with Crippen LogP contribution in [0, 0.1) is 0 Å². The predicted molar refractivity (Wildman–Crippen MR) is 58.8 cm³/mol. The molecule has 0 N–H and O–H groups in total. The second-order valence-electron chi connectivity index (χ2n) is 5.80. The molecule has 0 aromatic rings. The second-order valence-corrected chi connectivity index (χ2v) is 5.80. The lowest BCUT2D eigenvalue weighted by molar-refractivity contribution is -0.188. The van der Waals surface area contributed by atoms with Crippen LogP contribution in [0.2, 0.25) is 0 Å². The highest BCUT2D eigenvalue weighted by atomic mass is 19.4. The maximum atomic E-state index is 12.0. The number of ether oxygens (including phenoxy) is 1. The molecule has 2 rings (SSSR count). The number of hydrogen-bond acceptors (Lipinski definition) is 2. The Hall–Kier alpha value is -0.290. The minimum absolute atomic E-state index is 0.198. The molecule has 1 aliphatic heterocycles. The smallest absolute Gasteiger partial charge is 0.369 e. The standard InChI is InChI=1S/C12H20F3NO/c1-11(2)7-16(11)9-3-5-10(6-4-9)17-8-12(13,14)15/h9-10H,3-8H2,1-2H3. The second kappa shape index (κ2) is 4.43. The van der Waals surface area contributed by atoms with E-state index in [-0.39, 0.29) is 6.10 Å². The quantitative estimate of drug-likeness (QED) is 0.715. The fourth-order valence-electron chi connectivity index (χ4n) is 2.74. The van der Waals surface area contributed by atoms with Crippen LogP contribution in [0.3, 0.4) is 0 Å². The Morgan fingerprint density at radius 3 is 2.12 bits per heavy atom. The summed E-state index contributed by atoms with van der Waals surface area (Å²) in [6.07, 6.45) is -0.951. The normalized spacial score (nSPS) is 36.9. The number of nitrogens with zero attached hydrogens (tertiary/aromatic N) is 1. The first kappa shape index (κ1) is 13.1. The molecule has 1 saturated heterocycles. The van der Waals surface area contributed by atoms with Crippen LogP contribution in [-0.2, 0) is 4.74 Å². The molecule has 100 valence electrons. The lowest BCUT2D eigenvalue weighted by Gasteiger charge is -2.30. The molecule has 0 aromatic heterocycles. The minimum Gasteiger partial charge on any atom is -0.369 e. The van der Waals surface area contributed by atoms with Gasteiger partial charge in [0.1, 0.15) is 6.61 Å². The molecule has 0 amide bonds. The number of halogens is 3. The monoisotopic (exact) mass is 251 g/mol. The molecule has 1 atom stereocenters. The number of hydrogen-bond donors (Lipinski definition) is 0. The van der Waals surface area contributed by atoms with E-state index in [9.17, 15) is 13.2 Å². The fraction of sp³-hybridized carbons (Fsp3) is 1.00. The van der Waals surface area contributed by atoms with Crippen LogP contribution in [0.4, 0.5) is 13.2 Å². The molecule has 0 bridgehead atoms. The van der Waals surface area contributed by atoms with Crippen LogP contribution in [0.1, 0.15) is 39.5 Å². The van der Waals surface area contributed by atoms with E-state index in [2.05, 4.69) is 18.7 Å². The van der Waals surface area contributed by atoms with Crippen molar-refractivity contribution >= 4 is 0 Å². The Kier molecular flexibility index (Phi) is 3.42. The third kappa shape index (κ3) is 3.58. The van der Waals surface area contributed by atoms with Crippen molar-refractivity contribution in [3.8, 4) is 0 Å². The third-order valence-electron chi connectivity index (χ3n) is 3.80. The highest BCUT2D eigenvalue weighted by Gasteiger charge is 2.47. The first-order valence-corrected chi connectivity index (χ1v) is 6.23. The zero-order valence-corrected chi connectivity index (χ0v) is 10.4. The van der Waals surface area contributed by atoms with Crippen molar-refractivity contribution in [3.05, 3.63) is 0 Å². The van der Waals surface area contributed by atoms with Gasteiger partial charge in [0.25, 0.3) is 0 Å². The van der Waals surface area contributed by atoms with E-state index in [0.29, 0.717) is 11.6 Å². The van der Waals surface area contributed by atoms with Crippen molar-refractivity contribution in [2.75, 3.05) is 13.2 Å². The maximum Gasteiger partial charge on any atom is 0.411 e. The summed E-state index contributed by atoms with van der Waals surface area (Å²) in [4.78, 5) is 2.44. The summed E-state index contributed by atoms with van der Waals surface area (Å²) in [7, 11) is 0. The van der Waals surface area contributed by atoms with E-state index in [0.717, 1.165) is 32.2 Å². The Morgan fingerprint density at radius 1 is 1.18 bits per heavy atom. The lowest BCUT2D eigenvalue weighted by atomic mass is 9.92. The summed E-state index contributed by atoms with van der Waals surface area (Å²) < 4.78 is 40.9. The molecule has 1 saturated carbocycles. The molecule has 2 nitrogen and oxygen atoms in total. The summed E-state index contributed by atoms with van der Waals surface area (Å²) in [5.74, 6) is 0. The molecule has 17 heavy (non-hydrogen) atoms. The highest BCUT2D eigenvalue weighted by Crippen LogP contribution is 2.39. The van der Waals surface area contributed by atoms with Crippen LogP contribution >= 0.6 is 0 Å². The first-order chi connectivity index (χ1) is 7.78. The fourth-order valence-corrected chi connectivity index (χ4v) is 2.74. The Balaban J connectivity index is 1.68. The van der Waals surface area contributed by atoms with Crippen LogP contribution in [-0.4, -0.2) is 41.9 Å². The van der Waals surface area contributed by atoms with Gasteiger partial charge in [-0.15, -0.1) is 0 Å². The molecule has 2 fully saturated rings. The molecular formula is C12H20F3NO. The lowest BCUT2D eigenvalue weighted by Crippen LogP contribution is -2.33. The largest absolute Gasteiger partial charge is 0.411 e. The summed E-state index contributed by atoms with van der Waals surface area (Å²) in [6, 6.07) is 0.552. The van der Waals surface area contributed by atoms with Gasteiger partial charge in [-0.1, -0.05) is 0 Å². The number of rotatable bonds is 3. The summed E-state index contributed by atoms with van der Waals surface area (Å²) in [5, 5.41) is 0. The van der Waals surface area contributed by atoms with E-state index in [1.54, 1.807) is 0 Å². The molecule has 1 aliphatic carbocycles. The van der Waals surface area contributed by atoms with Gasteiger partial charge in [-0.3, -0.25) is 4.90 Å². The minimum atomic E-state index is -4.20. The predicted octanol–water partition coefficient (Wildman–Crippen LogP) is 2.97. The van der Waals surface area contributed by atoms with Gasteiger partial charge in [0, 0.05) is 18.1 Å². The average molecular weight is 251 g/mol. The Bertz CT molecular complexity index is 269. The van der Waals surface area contributed by atoms with E-state index in [4.69, 9.17) is 4.74 Å². The van der Waals surface area contributed by atoms with Gasteiger partial charge < -0.3 is 4.74 Å². The topological polar surface area (TPSA) is 12.2 Å². The zero-order chi connectivity index (χ0) is 12.7. The summed E-state index contributed by atoms with van der Waals surface area (Å²) in [6.45, 7) is 4.43. The molecule has 0 spiro atoms. The SMILES string of the molecule is CC1(C)CN1C1CCC(OCC(F)(F)F)CC1. The van der Waals surface area contributed by atoms with Crippen LogP contribution < -0.4 is 0 Å². The first-order valence-electron chi connectivity index (χ1n) is 6.23. The van der Waals surface area contributed by atoms with Gasteiger partial charge in [0.2, 0.25) is 0 Å². The molecule has 0 aromatic carbocycles. The van der Waals surface area contributed by atoms with Crippen molar-refractivity contribution in [1.82, 2.24) is 4.90 Å². The van der Waals surface area contributed by atoms with Gasteiger partial charge in [-0.05, 0) is 39.5 Å².